The molecule has 9 heteroatoms. The maximum absolute atomic E-state index is 12.6. The van der Waals surface area contributed by atoms with Gasteiger partial charge in [-0.15, -0.1) is 0 Å². The van der Waals surface area contributed by atoms with E-state index in [2.05, 4.69) is 0 Å². The number of sulfonamides is 1. The molecule has 2 aromatic carbocycles. The molecule has 0 saturated carbocycles. The van der Waals surface area contributed by atoms with Gasteiger partial charge in [0.15, 0.2) is 5.75 Å². The third-order valence-corrected chi connectivity index (χ3v) is 5.29. The summed E-state index contributed by atoms with van der Waals surface area (Å²) in [5.41, 5.74) is 0.0138. The largest absolute Gasteiger partial charge is 0.453 e. The minimum Gasteiger partial charge on any atom is -0.453 e. The maximum Gasteiger partial charge on any atom is 0.273 e. The number of hydrogen-bond donors (Lipinski definition) is 0. The highest BCUT2D eigenvalue weighted by atomic mass is 35.5. The van der Waals surface area contributed by atoms with Crippen molar-refractivity contribution in [2.45, 2.75) is 4.90 Å². The normalized spacial score (nSPS) is 15.3. The van der Waals surface area contributed by atoms with Gasteiger partial charge in [-0.25, -0.2) is 8.42 Å². The molecule has 114 valence electrons. The fraction of sp³-hybridized carbons (Fsp3) is 0.0769. The predicted molar refractivity (Wildman–Crippen MR) is 80.2 cm³/mol. The van der Waals surface area contributed by atoms with Crippen molar-refractivity contribution >= 4 is 33.0 Å². The van der Waals surface area contributed by atoms with E-state index in [0.29, 0.717) is 0 Å². The van der Waals surface area contributed by atoms with Crippen molar-refractivity contribution in [3.05, 3.63) is 51.5 Å². The topological polar surface area (TPSA) is 89.8 Å². The van der Waals surface area contributed by atoms with Crippen LogP contribution in [0.5, 0.6) is 11.5 Å². The van der Waals surface area contributed by atoms with Gasteiger partial charge in [0.2, 0.25) is 0 Å². The zero-order valence-corrected chi connectivity index (χ0v) is 12.8. The molecule has 0 unspecified atom stereocenters. The van der Waals surface area contributed by atoms with Crippen molar-refractivity contribution in [1.29, 1.82) is 0 Å². The Morgan fingerprint density at radius 2 is 1.91 bits per heavy atom. The van der Waals surface area contributed by atoms with Crippen molar-refractivity contribution in [3.63, 3.8) is 0 Å². The molecular weight excluding hydrogens is 332 g/mol. The van der Waals surface area contributed by atoms with Crippen LogP contribution in [0.1, 0.15) is 0 Å². The molecular formula is C13H9ClN2O5S. The summed E-state index contributed by atoms with van der Waals surface area (Å²) in [6, 6.07) is 7.92. The van der Waals surface area contributed by atoms with Crippen LogP contribution in [0.25, 0.3) is 0 Å². The van der Waals surface area contributed by atoms with Crippen LogP contribution in [0.3, 0.4) is 0 Å². The zero-order valence-electron chi connectivity index (χ0n) is 11.2. The van der Waals surface area contributed by atoms with Gasteiger partial charge in [-0.1, -0.05) is 11.6 Å². The molecule has 0 bridgehead atoms. The van der Waals surface area contributed by atoms with Gasteiger partial charge in [-0.3, -0.25) is 14.4 Å². The minimum absolute atomic E-state index is 0.0653. The Morgan fingerprint density at radius 1 is 1.18 bits per heavy atom. The summed E-state index contributed by atoms with van der Waals surface area (Å²) in [5.74, 6) is 0.150. The lowest BCUT2D eigenvalue weighted by molar-refractivity contribution is -0.384. The fourth-order valence-electron chi connectivity index (χ4n) is 2.12. The first kappa shape index (κ1) is 14.6. The molecule has 22 heavy (non-hydrogen) atoms. The average molecular weight is 341 g/mol. The predicted octanol–water partition coefficient (Wildman–Crippen LogP) is 3.18. The average Bonchev–Trinajstić information content (AvgIpc) is 2.54. The van der Waals surface area contributed by atoms with E-state index in [0.717, 1.165) is 4.31 Å². The molecule has 2 aromatic rings. The van der Waals surface area contributed by atoms with Crippen LogP contribution in [0.4, 0.5) is 11.4 Å². The number of rotatable bonds is 1. The molecule has 0 aromatic heterocycles. The highest BCUT2D eigenvalue weighted by Crippen LogP contribution is 2.43. The van der Waals surface area contributed by atoms with E-state index in [9.17, 15) is 18.5 Å². The summed E-state index contributed by atoms with van der Waals surface area (Å²) in [4.78, 5) is 10.2. The van der Waals surface area contributed by atoms with Crippen LogP contribution in [-0.2, 0) is 10.0 Å². The van der Waals surface area contributed by atoms with Gasteiger partial charge in [0.05, 0.1) is 16.7 Å². The molecule has 0 saturated heterocycles. The SMILES string of the molecule is CN1c2ccc([N+](=O)[O-])cc2Oc2ccc(Cl)cc2S1(=O)=O. The Kier molecular flexibility index (Phi) is 3.22. The molecule has 0 aliphatic carbocycles. The lowest BCUT2D eigenvalue weighted by atomic mass is 10.2. The molecule has 7 nitrogen and oxygen atoms in total. The van der Waals surface area contributed by atoms with Crippen LogP contribution in [0, 0.1) is 10.1 Å². The number of benzene rings is 2. The van der Waals surface area contributed by atoms with Crippen molar-refractivity contribution < 1.29 is 18.1 Å². The molecule has 0 radical (unpaired) electrons. The fourth-order valence-corrected chi connectivity index (χ4v) is 3.70. The second-order valence-electron chi connectivity index (χ2n) is 4.57. The first-order valence-electron chi connectivity index (χ1n) is 6.05. The van der Waals surface area contributed by atoms with Gasteiger partial charge in [0.25, 0.3) is 15.7 Å². The molecule has 1 aliphatic heterocycles. The summed E-state index contributed by atoms with van der Waals surface area (Å²) in [6.45, 7) is 0. The number of nitro groups is 1. The van der Waals surface area contributed by atoms with Crippen LogP contribution >= 0.6 is 11.6 Å². The smallest absolute Gasteiger partial charge is 0.273 e. The Hall–Kier alpha value is -2.32. The third kappa shape index (κ3) is 2.16. The monoisotopic (exact) mass is 340 g/mol. The van der Waals surface area contributed by atoms with Crippen molar-refractivity contribution in [1.82, 2.24) is 0 Å². The van der Waals surface area contributed by atoms with Gasteiger partial charge < -0.3 is 4.74 Å². The molecule has 3 rings (SSSR count). The Balaban J connectivity index is 2.29. The molecule has 0 N–H and O–H groups in total. The standard InChI is InChI=1S/C13H9ClN2O5S/c1-15-10-4-3-9(16(17)18)7-12(10)21-11-5-2-8(14)6-13(11)22(15,19)20/h2-7H,1H3. The molecule has 0 amide bonds. The van der Waals surface area contributed by atoms with Crippen LogP contribution < -0.4 is 9.04 Å². The molecule has 0 fully saturated rings. The summed E-state index contributed by atoms with van der Waals surface area (Å²) >= 11 is 5.86. The highest BCUT2D eigenvalue weighted by Gasteiger charge is 2.32. The lowest BCUT2D eigenvalue weighted by Gasteiger charge is -2.17. The van der Waals surface area contributed by atoms with E-state index in [1.807, 2.05) is 0 Å². The van der Waals surface area contributed by atoms with Crippen LogP contribution in [0.15, 0.2) is 41.3 Å². The Labute approximate surface area is 130 Å². The van der Waals surface area contributed by atoms with E-state index < -0.39 is 14.9 Å². The summed E-state index contributed by atoms with van der Waals surface area (Å²) in [7, 11) is -2.53. The zero-order chi connectivity index (χ0) is 16.1. The van der Waals surface area contributed by atoms with Gasteiger partial charge in [0.1, 0.15) is 10.6 Å². The van der Waals surface area contributed by atoms with Crippen molar-refractivity contribution in [2.75, 3.05) is 11.4 Å². The molecule has 0 spiro atoms. The number of halogens is 1. The quantitative estimate of drug-likeness (QED) is 0.587. The van der Waals surface area contributed by atoms with Crippen molar-refractivity contribution in [3.8, 4) is 11.5 Å². The minimum atomic E-state index is -3.87. The van der Waals surface area contributed by atoms with E-state index in [1.54, 1.807) is 0 Å². The Bertz CT molecular complexity index is 897. The number of anilines is 1. The maximum atomic E-state index is 12.6. The third-order valence-electron chi connectivity index (χ3n) is 3.26. The molecule has 0 atom stereocenters. The summed E-state index contributed by atoms with van der Waals surface area (Å²) < 4.78 is 31.8. The summed E-state index contributed by atoms with van der Waals surface area (Å²) in [5, 5.41) is 11.1. The van der Waals surface area contributed by atoms with Gasteiger partial charge in [0, 0.05) is 18.1 Å². The van der Waals surface area contributed by atoms with E-state index >= 15 is 0 Å². The lowest BCUT2D eigenvalue weighted by Crippen LogP contribution is -2.25. The number of hydrogen-bond acceptors (Lipinski definition) is 5. The van der Waals surface area contributed by atoms with E-state index in [4.69, 9.17) is 16.3 Å². The van der Waals surface area contributed by atoms with E-state index in [-0.39, 0.29) is 32.8 Å². The number of ether oxygens (including phenoxy) is 1. The van der Waals surface area contributed by atoms with Gasteiger partial charge in [-0.05, 0) is 24.3 Å². The first-order chi connectivity index (χ1) is 10.3. The van der Waals surface area contributed by atoms with Gasteiger partial charge in [-0.2, -0.15) is 0 Å². The van der Waals surface area contributed by atoms with Crippen molar-refractivity contribution in [2.24, 2.45) is 0 Å². The number of nitro benzene ring substituents is 1. The second kappa shape index (κ2) is 4.85. The number of non-ortho nitro benzene ring substituents is 1. The highest BCUT2D eigenvalue weighted by molar-refractivity contribution is 7.93. The molecule has 1 heterocycles. The van der Waals surface area contributed by atoms with Crippen LogP contribution in [-0.4, -0.2) is 20.4 Å². The van der Waals surface area contributed by atoms with Crippen LogP contribution in [0.2, 0.25) is 5.02 Å². The van der Waals surface area contributed by atoms with E-state index in [1.165, 1.54) is 43.4 Å². The number of nitrogens with zero attached hydrogens (tertiary/aromatic N) is 2. The second-order valence-corrected chi connectivity index (χ2v) is 6.95. The van der Waals surface area contributed by atoms with Gasteiger partial charge >= 0.3 is 0 Å². The Morgan fingerprint density at radius 3 is 2.59 bits per heavy atom. The number of fused-ring (bicyclic) bond motifs is 2. The molecule has 1 aliphatic rings. The summed E-state index contributed by atoms with van der Waals surface area (Å²) in [6.07, 6.45) is 0. The first-order valence-corrected chi connectivity index (χ1v) is 7.87.